The number of fused-ring (bicyclic) bond motifs is 1. The van der Waals surface area contributed by atoms with E-state index in [9.17, 15) is 36.8 Å². The highest BCUT2D eigenvalue weighted by Gasteiger charge is 2.45. The molecule has 1 fully saturated rings. The van der Waals surface area contributed by atoms with Gasteiger partial charge >= 0.3 is 0 Å². The number of piperidine rings is 1. The van der Waals surface area contributed by atoms with Gasteiger partial charge in [-0.2, -0.15) is 4.98 Å². The lowest BCUT2D eigenvalue weighted by molar-refractivity contribution is -0.136. The molecule has 1 aromatic heterocycles. The van der Waals surface area contributed by atoms with Crippen molar-refractivity contribution in [1.29, 1.82) is 0 Å². The smallest absolute Gasteiger partial charge is 0.264 e. The molecule has 0 bridgehead atoms. The SMILES string of the molecule is Cc1cc(Nc2ncc(Br)c(Nc3cccc(F)c3C(N)=O)n2)ccc1S(=O)(=O)NCCOCCOCCOCCOCCNc1cccc2c1C(=O)N(C1CCC(=O)NC1=O)C2=O. The summed E-state index contributed by atoms with van der Waals surface area (Å²) in [6, 6.07) is 12.4. The first-order valence-corrected chi connectivity index (χ1v) is 22.2. The van der Waals surface area contributed by atoms with Crippen LogP contribution in [0.3, 0.4) is 0 Å². The molecule has 0 spiro atoms. The zero-order valence-electron chi connectivity index (χ0n) is 34.4. The summed E-state index contributed by atoms with van der Waals surface area (Å²) in [4.78, 5) is 71.5. The van der Waals surface area contributed by atoms with E-state index in [4.69, 9.17) is 24.7 Å². The third-order valence-electron chi connectivity index (χ3n) is 9.66. The van der Waals surface area contributed by atoms with Gasteiger partial charge in [0.25, 0.3) is 17.7 Å². The molecule has 64 heavy (non-hydrogen) atoms. The number of rotatable bonds is 24. The fourth-order valence-electron chi connectivity index (χ4n) is 6.69. The summed E-state index contributed by atoms with van der Waals surface area (Å²) in [5.74, 6) is -3.66. The van der Waals surface area contributed by atoms with Crippen molar-refractivity contribution in [2.24, 2.45) is 5.73 Å². The monoisotopic (exact) mass is 969 g/mol. The molecule has 23 heteroatoms. The molecule has 5 amide bonds. The number of carbonyl (C=O) groups is 5. The third-order valence-corrected chi connectivity index (χ3v) is 11.9. The molecule has 1 atom stereocenters. The molecule has 6 rings (SSSR count). The first kappa shape index (κ1) is 47.5. The summed E-state index contributed by atoms with van der Waals surface area (Å²) in [5.41, 5.74) is 6.89. The lowest BCUT2D eigenvalue weighted by atomic mass is 10.0. The summed E-state index contributed by atoms with van der Waals surface area (Å²) < 4.78 is 65.3. The van der Waals surface area contributed by atoms with E-state index in [-0.39, 0.29) is 84.9 Å². The summed E-state index contributed by atoms with van der Waals surface area (Å²) in [6.07, 6.45) is 1.56. The molecule has 0 aliphatic carbocycles. The Morgan fingerprint density at radius 2 is 1.55 bits per heavy atom. The van der Waals surface area contributed by atoms with Crippen LogP contribution in [0.5, 0.6) is 0 Å². The van der Waals surface area contributed by atoms with Crippen molar-refractivity contribution < 1.29 is 55.7 Å². The third kappa shape index (κ3) is 12.0. The number of nitrogens with one attached hydrogen (secondary N) is 5. The molecule has 2 aliphatic rings. The number of amides is 5. The van der Waals surface area contributed by atoms with Crippen molar-refractivity contribution in [3.63, 3.8) is 0 Å². The number of aryl methyl sites for hydroxylation is 1. The number of ether oxygens (including phenoxy) is 4. The number of aromatic nitrogens is 2. The van der Waals surface area contributed by atoms with Crippen LogP contribution in [0.25, 0.3) is 0 Å². The average molecular weight is 971 g/mol. The maximum Gasteiger partial charge on any atom is 0.264 e. The van der Waals surface area contributed by atoms with Crippen molar-refractivity contribution in [2.75, 3.05) is 81.9 Å². The molecule has 1 saturated heterocycles. The molecule has 4 aromatic rings. The molecule has 7 N–H and O–H groups in total. The number of sulfonamides is 1. The molecule has 2 aliphatic heterocycles. The topological polar surface area (TPSA) is 272 Å². The largest absolute Gasteiger partial charge is 0.382 e. The maximum atomic E-state index is 14.3. The van der Waals surface area contributed by atoms with Crippen LogP contribution in [0.1, 0.15) is 49.5 Å². The lowest BCUT2D eigenvalue weighted by Gasteiger charge is -2.27. The van der Waals surface area contributed by atoms with Crippen LogP contribution in [0, 0.1) is 12.7 Å². The number of hydrogen-bond donors (Lipinski definition) is 6. The molecular weight excluding hydrogens is 925 g/mol. The van der Waals surface area contributed by atoms with Gasteiger partial charge in [-0.25, -0.2) is 22.5 Å². The van der Waals surface area contributed by atoms with Crippen molar-refractivity contribution in [2.45, 2.75) is 30.7 Å². The Morgan fingerprint density at radius 3 is 2.22 bits per heavy atom. The minimum atomic E-state index is -3.87. The second-order valence-electron chi connectivity index (χ2n) is 14.1. The number of hydrogen-bond acceptors (Lipinski definition) is 16. The Labute approximate surface area is 375 Å². The highest BCUT2D eigenvalue weighted by molar-refractivity contribution is 9.10. The van der Waals surface area contributed by atoms with Crippen molar-refractivity contribution >= 4 is 84.3 Å². The Bertz CT molecular complexity index is 2520. The Balaban J connectivity index is 0.809. The van der Waals surface area contributed by atoms with E-state index in [2.05, 4.69) is 51.9 Å². The van der Waals surface area contributed by atoms with Crippen molar-refractivity contribution in [3.05, 3.63) is 93.3 Å². The maximum absolute atomic E-state index is 14.3. The summed E-state index contributed by atoms with van der Waals surface area (Å²) in [7, 11) is -3.87. The first-order chi connectivity index (χ1) is 30.7. The van der Waals surface area contributed by atoms with E-state index in [0.717, 1.165) is 11.0 Å². The highest BCUT2D eigenvalue weighted by Crippen LogP contribution is 2.33. The van der Waals surface area contributed by atoms with Crippen LogP contribution < -0.4 is 31.7 Å². The fraction of sp³-hybridized carbons (Fsp3) is 0.341. The average Bonchev–Trinajstić information content (AvgIpc) is 3.50. The predicted octanol–water partition coefficient (Wildman–Crippen LogP) is 3.13. The zero-order chi connectivity index (χ0) is 45.8. The zero-order valence-corrected chi connectivity index (χ0v) is 36.8. The fourth-order valence-corrected chi connectivity index (χ4v) is 8.21. The van der Waals surface area contributed by atoms with Crippen LogP contribution in [0.2, 0.25) is 0 Å². The summed E-state index contributed by atoms with van der Waals surface area (Å²) >= 11 is 3.33. The highest BCUT2D eigenvalue weighted by atomic mass is 79.9. The second-order valence-corrected chi connectivity index (χ2v) is 16.7. The van der Waals surface area contributed by atoms with Gasteiger partial charge in [-0.1, -0.05) is 12.1 Å². The normalized spacial score (nSPS) is 15.0. The molecule has 0 radical (unpaired) electrons. The van der Waals surface area contributed by atoms with Gasteiger partial charge in [-0.3, -0.25) is 34.2 Å². The Kier molecular flexibility index (Phi) is 16.4. The molecule has 3 heterocycles. The predicted molar refractivity (Wildman–Crippen MR) is 232 cm³/mol. The lowest BCUT2D eigenvalue weighted by Crippen LogP contribution is -2.54. The number of benzene rings is 3. The molecular formula is C41H45BrFN9O11S. The number of nitrogens with zero attached hydrogens (tertiary/aromatic N) is 3. The molecule has 20 nitrogen and oxygen atoms in total. The minimum Gasteiger partial charge on any atom is -0.382 e. The number of halogens is 2. The van der Waals surface area contributed by atoms with Gasteiger partial charge in [-0.15, -0.1) is 0 Å². The number of imide groups is 2. The molecule has 340 valence electrons. The minimum absolute atomic E-state index is 0.0280. The second kappa shape index (κ2) is 22.1. The van der Waals surface area contributed by atoms with Gasteiger partial charge in [0, 0.05) is 37.1 Å². The first-order valence-electron chi connectivity index (χ1n) is 19.9. The van der Waals surface area contributed by atoms with Crippen LogP contribution in [-0.2, 0) is 38.6 Å². The number of primary amides is 1. The molecule has 1 unspecified atom stereocenters. The van der Waals surface area contributed by atoms with E-state index < -0.39 is 51.4 Å². The van der Waals surface area contributed by atoms with Gasteiger partial charge < -0.3 is 40.6 Å². The van der Waals surface area contributed by atoms with E-state index in [1.54, 1.807) is 31.2 Å². The van der Waals surface area contributed by atoms with E-state index in [1.165, 1.54) is 30.5 Å². The van der Waals surface area contributed by atoms with Crippen LogP contribution in [0.4, 0.5) is 33.2 Å². The summed E-state index contributed by atoms with van der Waals surface area (Å²) in [5, 5.41) is 11.2. The standard InChI is InChI=1S/C41H45BrFN9O11S/c1-24-22-25(48-41-46-23-27(42)37(51-41)49-30-7-3-5-28(43)35(30)36(44)54)8-10-32(24)64(58,59)47-13-15-61-17-19-63-21-20-62-18-16-60-14-12-45-29-6-2-4-26-34(29)40(57)52(39(26)56)31-9-11-33(53)50-38(31)55/h2-8,10,22-23,31,45,47H,9,11-21H2,1H3,(H2,44,54)(H,50,53,55)(H2,46,48,49,51). The van der Waals surface area contributed by atoms with Gasteiger partial charge in [0.05, 0.1) is 84.6 Å². The van der Waals surface area contributed by atoms with Gasteiger partial charge in [0.2, 0.25) is 27.8 Å². The van der Waals surface area contributed by atoms with Gasteiger partial charge in [0.15, 0.2) is 0 Å². The Morgan fingerprint density at radius 1 is 0.891 bits per heavy atom. The Hall–Kier alpha value is -5.95. The van der Waals surface area contributed by atoms with Crippen LogP contribution >= 0.6 is 15.9 Å². The molecule has 3 aromatic carbocycles. The summed E-state index contributed by atoms with van der Waals surface area (Å²) in [6.45, 7) is 4.15. The van der Waals surface area contributed by atoms with Gasteiger partial charge in [-0.05, 0) is 77.3 Å². The quantitative estimate of drug-likeness (QED) is 0.0435. The van der Waals surface area contributed by atoms with Crippen LogP contribution in [-0.4, -0.2) is 125 Å². The van der Waals surface area contributed by atoms with E-state index in [1.807, 2.05) is 0 Å². The number of anilines is 5. The number of carbonyl (C=O) groups excluding carboxylic acids is 5. The number of nitrogens with two attached hydrogens (primary N) is 1. The van der Waals surface area contributed by atoms with Crippen molar-refractivity contribution in [3.8, 4) is 0 Å². The van der Waals surface area contributed by atoms with E-state index in [0.29, 0.717) is 54.4 Å². The van der Waals surface area contributed by atoms with E-state index >= 15 is 0 Å². The van der Waals surface area contributed by atoms with Crippen LogP contribution in [0.15, 0.2) is 70.2 Å². The van der Waals surface area contributed by atoms with Gasteiger partial charge in [0.1, 0.15) is 17.7 Å². The van der Waals surface area contributed by atoms with Crippen molar-refractivity contribution in [1.82, 2.24) is 24.9 Å². The molecule has 0 saturated carbocycles.